The van der Waals surface area contributed by atoms with Gasteiger partial charge in [0.1, 0.15) is 0 Å². The molecule has 3 aliphatic rings. The summed E-state index contributed by atoms with van der Waals surface area (Å²) in [7, 11) is 0. The highest BCUT2D eigenvalue weighted by molar-refractivity contribution is 6.00. The zero-order valence-corrected chi connectivity index (χ0v) is 17.3. The number of nitrogens with zero attached hydrogens (tertiary/aromatic N) is 2. The number of Topliss-reactive ketones (excluding diaryl/α,β-unsaturated/α-hetero) is 1. The average Bonchev–Trinajstić information content (AvgIpc) is 3.39. The monoisotopic (exact) mass is 397 g/mol. The minimum atomic E-state index is 0.0470. The van der Waals surface area contributed by atoms with Crippen LogP contribution in [-0.2, 0) is 16.0 Å². The number of piperidine rings is 1. The van der Waals surface area contributed by atoms with Crippen molar-refractivity contribution in [2.24, 2.45) is 5.92 Å². The molecule has 2 amide bonds. The van der Waals surface area contributed by atoms with Gasteiger partial charge in [-0.3, -0.25) is 19.3 Å². The Morgan fingerprint density at radius 1 is 1.03 bits per heavy atom. The van der Waals surface area contributed by atoms with E-state index in [1.165, 1.54) is 12.8 Å². The normalized spacial score (nSPS) is 20.7. The number of fused-ring (bicyclic) bond motifs is 1. The molecule has 0 unspecified atom stereocenters. The molecule has 1 N–H and O–H groups in total. The molecule has 1 aromatic rings. The maximum atomic E-state index is 12.8. The lowest BCUT2D eigenvalue weighted by atomic mass is 10.0. The molecule has 1 aliphatic carbocycles. The number of anilines is 1. The van der Waals surface area contributed by atoms with Crippen LogP contribution in [0.2, 0.25) is 0 Å². The number of ketones is 1. The molecule has 0 radical (unpaired) electrons. The number of hydrogen-bond acceptors (Lipinski definition) is 4. The summed E-state index contributed by atoms with van der Waals surface area (Å²) in [6.45, 7) is 4.36. The lowest BCUT2D eigenvalue weighted by Crippen LogP contribution is -2.47. The number of rotatable bonds is 5. The molecule has 0 aromatic heterocycles. The fraction of sp³-hybridized carbons (Fsp3) is 0.609. The van der Waals surface area contributed by atoms with Gasteiger partial charge >= 0.3 is 0 Å². The molecule has 0 spiro atoms. The summed E-state index contributed by atoms with van der Waals surface area (Å²) < 4.78 is 0. The number of nitrogens with one attached hydrogen (secondary N) is 1. The van der Waals surface area contributed by atoms with Gasteiger partial charge in [0.2, 0.25) is 11.8 Å². The Labute approximate surface area is 172 Å². The van der Waals surface area contributed by atoms with Crippen molar-refractivity contribution in [2.45, 2.75) is 57.9 Å². The second-order valence-corrected chi connectivity index (χ2v) is 8.73. The number of likely N-dealkylation sites (tertiary alicyclic amines) is 1. The summed E-state index contributed by atoms with van der Waals surface area (Å²) in [5.74, 6) is 0.622. The van der Waals surface area contributed by atoms with Gasteiger partial charge in [-0.2, -0.15) is 0 Å². The molecule has 156 valence electrons. The molecule has 0 bridgehead atoms. The summed E-state index contributed by atoms with van der Waals surface area (Å²) in [6, 6.07) is 5.94. The second kappa shape index (κ2) is 8.66. The van der Waals surface area contributed by atoms with Crippen molar-refractivity contribution in [3.8, 4) is 0 Å². The minimum absolute atomic E-state index is 0.0470. The van der Waals surface area contributed by atoms with Gasteiger partial charge in [-0.05, 0) is 55.9 Å². The Morgan fingerprint density at radius 3 is 2.45 bits per heavy atom. The summed E-state index contributed by atoms with van der Waals surface area (Å²) in [5, 5.41) is 3.23. The van der Waals surface area contributed by atoms with Gasteiger partial charge in [0, 0.05) is 49.8 Å². The fourth-order valence-electron chi connectivity index (χ4n) is 4.94. The van der Waals surface area contributed by atoms with Crippen LogP contribution in [-0.4, -0.2) is 54.7 Å². The van der Waals surface area contributed by atoms with Crippen LogP contribution in [0.15, 0.2) is 18.2 Å². The third kappa shape index (κ3) is 4.53. The summed E-state index contributed by atoms with van der Waals surface area (Å²) >= 11 is 0. The third-order valence-electron chi connectivity index (χ3n) is 6.70. The maximum Gasteiger partial charge on any atom is 0.223 e. The van der Waals surface area contributed by atoms with Crippen molar-refractivity contribution in [2.75, 3.05) is 31.1 Å². The van der Waals surface area contributed by atoms with Crippen molar-refractivity contribution < 1.29 is 14.4 Å². The first-order valence-corrected chi connectivity index (χ1v) is 11.0. The fourth-order valence-corrected chi connectivity index (χ4v) is 4.94. The predicted octanol–water partition coefficient (Wildman–Crippen LogP) is 2.55. The number of carbonyl (C=O) groups is 3. The van der Waals surface area contributed by atoms with E-state index in [-0.39, 0.29) is 29.6 Å². The van der Waals surface area contributed by atoms with Crippen molar-refractivity contribution in [1.82, 2.24) is 10.2 Å². The van der Waals surface area contributed by atoms with E-state index in [4.69, 9.17) is 0 Å². The van der Waals surface area contributed by atoms with Gasteiger partial charge in [0.05, 0.1) is 6.54 Å². The molecular formula is C23H31N3O3. The lowest BCUT2D eigenvalue weighted by Gasteiger charge is -2.32. The minimum Gasteiger partial charge on any atom is -0.353 e. The van der Waals surface area contributed by atoms with Crippen LogP contribution >= 0.6 is 0 Å². The Balaban J connectivity index is 1.27. The molecule has 1 saturated heterocycles. The molecule has 0 atom stereocenters. The van der Waals surface area contributed by atoms with Crippen LogP contribution in [0.3, 0.4) is 0 Å². The molecule has 2 fully saturated rings. The standard InChI is InChI=1S/C23H31N3O3/c1-16(27)26-13-8-18-14-19(6-7-21(18)26)22(28)15-25-11-9-20(10-12-25)24-23(29)17-4-2-3-5-17/h6-7,14,17,20H,2-5,8-13,15H2,1H3,(H,24,29). The Bertz CT molecular complexity index is 793. The molecule has 1 aromatic carbocycles. The number of hydrogen-bond donors (Lipinski definition) is 1. The highest BCUT2D eigenvalue weighted by atomic mass is 16.2. The molecule has 1 saturated carbocycles. The van der Waals surface area contributed by atoms with Crippen molar-refractivity contribution in [3.05, 3.63) is 29.3 Å². The van der Waals surface area contributed by atoms with Crippen LogP contribution in [0, 0.1) is 5.92 Å². The van der Waals surface area contributed by atoms with E-state index in [0.29, 0.717) is 13.1 Å². The number of amides is 2. The van der Waals surface area contributed by atoms with E-state index in [9.17, 15) is 14.4 Å². The van der Waals surface area contributed by atoms with E-state index < -0.39 is 0 Å². The summed E-state index contributed by atoms with van der Waals surface area (Å²) in [4.78, 5) is 40.7. The first kappa shape index (κ1) is 20.1. The molecule has 6 nitrogen and oxygen atoms in total. The van der Waals surface area contributed by atoms with Crippen LogP contribution in [0.1, 0.15) is 61.4 Å². The van der Waals surface area contributed by atoms with Crippen molar-refractivity contribution in [1.29, 1.82) is 0 Å². The van der Waals surface area contributed by atoms with Crippen LogP contribution in [0.25, 0.3) is 0 Å². The lowest BCUT2D eigenvalue weighted by molar-refractivity contribution is -0.125. The largest absolute Gasteiger partial charge is 0.353 e. The smallest absolute Gasteiger partial charge is 0.223 e. The molecular weight excluding hydrogens is 366 g/mol. The molecule has 2 heterocycles. The zero-order chi connectivity index (χ0) is 20.4. The summed E-state index contributed by atoms with van der Waals surface area (Å²) in [5.41, 5.74) is 2.75. The van der Waals surface area contributed by atoms with Gasteiger partial charge in [-0.15, -0.1) is 0 Å². The number of carbonyl (C=O) groups excluding carboxylic acids is 3. The summed E-state index contributed by atoms with van der Waals surface area (Å²) in [6.07, 6.45) is 7.03. The molecule has 2 aliphatic heterocycles. The van der Waals surface area contributed by atoms with Gasteiger partial charge in [-0.1, -0.05) is 12.8 Å². The predicted molar refractivity (Wildman–Crippen MR) is 112 cm³/mol. The highest BCUT2D eigenvalue weighted by Crippen LogP contribution is 2.29. The Morgan fingerprint density at radius 2 is 1.76 bits per heavy atom. The van der Waals surface area contributed by atoms with E-state index in [2.05, 4.69) is 10.2 Å². The highest BCUT2D eigenvalue weighted by Gasteiger charge is 2.28. The van der Waals surface area contributed by atoms with E-state index in [1.807, 2.05) is 18.2 Å². The Kier molecular flexibility index (Phi) is 5.99. The molecule has 29 heavy (non-hydrogen) atoms. The van der Waals surface area contributed by atoms with E-state index in [1.54, 1.807) is 11.8 Å². The van der Waals surface area contributed by atoms with Crippen LogP contribution < -0.4 is 10.2 Å². The van der Waals surface area contributed by atoms with Gasteiger partial charge in [0.25, 0.3) is 0 Å². The van der Waals surface area contributed by atoms with Gasteiger partial charge < -0.3 is 10.2 Å². The maximum absolute atomic E-state index is 12.8. The molecule has 4 rings (SSSR count). The first-order chi connectivity index (χ1) is 14.0. The first-order valence-electron chi connectivity index (χ1n) is 11.0. The van der Waals surface area contributed by atoms with E-state index >= 15 is 0 Å². The topological polar surface area (TPSA) is 69.7 Å². The zero-order valence-electron chi connectivity index (χ0n) is 17.3. The third-order valence-corrected chi connectivity index (χ3v) is 6.70. The van der Waals surface area contributed by atoms with Gasteiger partial charge in [0.15, 0.2) is 5.78 Å². The van der Waals surface area contributed by atoms with Gasteiger partial charge in [-0.25, -0.2) is 0 Å². The average molecular weight is 398 g/mol. The number of benzene rings is 1. The van der Waals surface area contributed by atoms with Crippen LogP contribution in [0.4, 0.5) is 5.69 Å². The SMILES string of the molecule is CC(=O)N1CCc2cc(C(=O)CN3CCC(NC(=O)C4CCCC4)CC3)ccc21. The second-order valence-electron chi connectivity index (χ2n) is 8.73. The van der Waals surface area contributed by atoms with Crippen molar-refractivity contribution in [3.63, 3.8) is 0 Å². The quantitative estimate of drug-likeness (QED) is 0.776. The molecule has 6 heteroatoms. The van der Waals surface area contributed by atoms with Crippen LogP contribution in [0.5, 0.6) is 0 Å². The van der Waals surface area contributed by atoms with E-state index in [0.717, 1.165) is 62.0 Å². The van der Waals surface area contributed by atoms with Crippen molar-refractivity contribution >= 4 is 23.3 Å². The Hall–Kier alpha value is -2.21.